The quantitative estimate of drug-likeness (QED) is 0.726. The van der Waals surface area contributed by atoms with Crippen LogP contribution in [0.25, 0.3) is 0 Å². The first-order valence-corrected chi connectivity index (χ1v) is 6.18. The zero-order valence-electron chi connectivity index (χ0n) is 8.79. The van der Waals surface area contributed by atoms with Gasteiger partial charge in [-0.05, 0) is 11.8 Å². The van der Waals surface area contributed by atoms with Crippen LogP contribution in [0.3, 0.4) is 0 Å². The van der Waals surface area contributed by atoms with Crippen molar-refractivity contribution < 1.29 is 5.11 Å². The lowest BCUT2D eigenvalue weighted by molar-refractivity contribution is 0.0885. The summed E-state index contributed by atoms with van der Waals surface area (Å²) < 4.78 is 0. The Morgan fingerprint density at radius 1 is 1.38 bits per heavy atom. The molecule has 0 radical (unpaired) electrons. The van der Waals surface area contributed by atoms with Gasteiger partial charge in [0.1, 0.15) is 0 Å². The third-order valence-corrected chi connectivity index (χ3v) is 4.24. The number of nitrogens with one attached hydrogen (secondary N) is 1. The van der Waals surface area contributed by atoms with Crippen LogP contribution in [0.5, 0.6) is 0 Å². The van der Waals surface area contributed by atoms with E-state index < -0.39 is 0 Å². The predicted molar refractivity (Wildman–Crippen MR) is 59.1 cm³/mol. The highest BCUT2D eigenvalue weighted by atomic mass is 32.2. The number of aliphatic hydroxyl groups excluding tert-OH is 1. The maximum Gasteiger partial charge on any atom is 0.0699 e. The lowest BCUT2D eigenvalue weighted by Crippen LogP contribution is -2.43. The van der Waals surface area contributed by atoms with Crippen LogP contribution in [0, 0.1) is 11.8 Å². The van der Waals surface area contributed by atoms with E-state index in [0.717, 1.165) is 18.8 Å². The molecule has 3 atom stereocenters. The van der Waals surface area contributed by atoms with Gasteiger partial charge in [-0.15, -0.1) is 0 Å². The van der Waals surface area contributed by atoms with Crippen molar-refractivity contribution in [2.24, 2.45) is 11.8 Å². The molecular formula is C10H21NOS. The van der Waals surface area contributed by atoms with Crippen molar-refractivity contribution in [3.05, 3.63) is 0 Å². The van der Waals surface area contributed by atoms with E-state index in [2.05, 4.69) is 26.1 Å². The van der Waals surface area contributed by atoms with E-state index in [0.29, 0.717) is 17.1 Å². The summed E-state index contributed by atoms with van der Waals surface area (Å²) in [5.41, 5.74) is 0. The molecule has 3 unspecified atom stereocenters. The van der Waals surface area contributed by atoms with E-state index in [1.165, 1.54) is 0 Å². The standard InChI is InChI=1S/C10H21NOS/c1-7(2)8(3)10(12)9-6-11-4-5-13-9/h7-12H,4-6H2,1-3H3. The fourth-order valence-corrected chi connectivity index (χ4v) is 2.78. The molecule has 13 heavy (non-hydrogen) atoms. The van der Waals surface area contributed by atoms with E-state index in [1.54, 1.807) is 0 Å². The molecule has 0 spiro atoms. The highest BCUT2D eigenvalue weighted by molar-refractivity contribution is 8.00. The minimum atomic E-state index is -0.155. The fraction of sp³-hybridized carbons (Fsp3) is 1.00. The van der Waals surface area contributed by atoms with Crippen LogP contribution in [-0.4, -0.2) is 35.3 Å². The van der Waals surface area contributed by atoms with Crippen LogP contribution < -0.4 is 5.32 Å². The molecule has 1 fully saturated rings. The number of hydrogen-bond acceptors (Lipinski definition) is 3. The molecule has 1 rings (SSSR count). The van der Waals surface area contributed by atoms with Gasteiger partial charge in [-0.2, -0.15) is 11.8 Å². The average Bonchev–Trinajstić information content (AvgIpc) is 2.17. The van der Waals surface area contributed by atoms with Gasteiger partial charge in [-0.1, -0.05) is 20.8 Å². The molecule has 3 heteroatoms. The summed E-state index contributed by atoms with van der Waals surface area (Å²) in [5, 5.41) is 13.8. The normalized spacial score (nSPS) is 28.8. The van der Waals surface area contributed by atoms with Crippen molar-refractivity contribution in [3.63, 3.8) is 0 Å². The molecule has 78 valence electrons. The van der Waals surface area contributed by atoms with Crippen molar-refractivity contribution in [3.8, 4) is 0 Å². The van der Waals surface area contributed by atoms with Gasteiger partial charge in [0.05, 0.1) is 6.10 Å². The molecule has 0 aromatic carbocycles. The van der Waals surface area contributed by atoms with Crippen molar-refractivity contribution >= 4 is 11.8 Å². The predicted octanol–water partition coefficient (Wildman–Crippen LogP) is 1.34. The molecule has 0 aromatic heterocycles. The fourth-order valence-electron chi connectivity index (χ4n) is 1.54. The summed E-state index contributed by atoms with van der Waals surface area (Å²) in [4.78, 5) is 0. The van der Waals surface area contributed by atoms with Gasteiger partial charge in [-0.25, -0.2) is 0 Å². The molecule has 0 amide bonds. The van der Waals surface area contributed by atoms with Gasteiger partial charge in [0, 0.05) is 24.1 Å². The van der Waals surface area contributed by atoms with E-state index >= 15 is 0 Å². The van der Waals surface area contributed by atoms with Crippen molar-refractivity contribution in [1.82, 2.24) is 5.32 Å². The van der Waals surface area contributed by atoms with E-state index in [-0.39, 0.29) is 6.10 Å². The summed E-state index contributed by atoms with van der Waals surface area (Å²) >= 11 is 1.90. The van der Waals surface area contributed by atoms with Crippen LogP contribution in [-0.2, 0) is 0 Å². The molecule has 0 aromatic rings. The second kappa shape index (κ2) is 5.23. The number of rotatable bonds is 3. The van der Waals surface area contributed by atoms with Gasteiger partial charge in [0.15, 0.2) is 0 Å². The molecule has 1 aliphatic rings. The second-order valence-electron chi connectivity index (χ2n) is 4.21. The Kier molecular flexibility index (Phi) is 4.56. The van der Waals surface area contributed by atoms with Gasteiger partial charge in [0.25, 0.3) is 0 Å². The van der Waals surface area contributed by atoms with Gasteiger partial charge in [-0.3, -0.25) is 0 Å². The summed E-state index contributed by atoms with van der Waals surface area (Å²) in [7, 11) is 0. The first kappa shape index (κ1) is 11.3. The first-order valence-electron chi connectivity index (χ1n) is 5.13. The minimum Gasteiger partial charge on any atom is -0.392 e. The van der Waals surface area contributed by atoms with Gasteiger partial charge >= 0.3 is 0 Å². The molecule has 0 saturated carbocycles. The average molecular weight is 203 g/mol. The molecule has 2 N–H and O–H groups in total. The smallest absolute Gasteiger partial charge is 0.0699 e. The summed E-state index contributed by atoms with van der Waals surface area (Å²) in [6.45, 7) is 8.54. The van der Waals surface area contributed by atoms with Crippen LogP contribution in [0.15, 0.2) is 0 Å². The van der Waals surface area contributed by atoms with Crippen LogP contribution >= 0.6 is 11.8 Å². The minimum absolute atomic E-state index is 0.155. The van der Waals surface area contributed by atoms with Crippen LogP contribution in [0.2, 0.25) is 0 Å². The highest BCUT2D eigenvalue weighted by Gasteiger charge is 2.28. The van der Waals surface area contributed by atoms with Crippen molar-refractivity contribution in [1.29, 1.82) is 0 Å². The topological polar surface area (TPSA) is 32.3 Å². The largest absolute Gasteiger partial charge is 0.392 e. The molecule has 1 heterocycles. The molecule has 0 aliphatic carbocycles. The number of hydrogen-bond donors (Lipinski definition) is 2. The Balaban J connectivity index is 2.40. The third-order valence-electron chi connectivity index (χ3n) is 2.93. The zero-order valence-corrected chi connectivity index (χ0v) is 9.60. The summed E-state index contributed by atoms with van der Waals surface area (Å²) in [6.07, 6.45) is -0.155. The van der Waals surface area contributed by atoms with Gasteiger partial charge < -0.3 is 10.4 Å². The van der Waals surface area contributed by atoms with E-state index in [1.807, 2.05) is 11.8 Å². The van der Waals surface area contributed by atoms with Gasteiger partial charge in [0.2, 0.25) is 0 Å². The number of thioether (sulfide) groups is 1. The SMILES string of the molecule is CC(C)C(C)C(O)C1CNCCS1. The Labute approximate surface area is 85.5 Å². The molecular weight excluding hydrogens is 182 g/mol. The zero-order chi connectivity index (χ0) is 9.84. The first-order chi connectivity index (χ1) is 6.13. The second-order valence-corrected chi connectivity index (χ2v) is 5.55. The Bertz CT molecular complexity index is 146. The number of aliphatic hydroxyl groups is 1. The summed E-state index contributed by atoms with van der Waals surface area (Å²) in [5.74, 6) is 2.10. The Hall–Kier alpha value is 0.270. The van der Waals surface area contributed by atoms with Crippen LogP contribution in [0.4, 0.5) is 0 Å². The van der Waals surface area contributed by atoms with Crippen molar-refractivity contribution in [2.75, 3.05) is 18.8 Å². The maximum absolute atomic E-state index is 10.1. The molecule has 2 nitrogen and oxygen atoms in total. The highest BCUT2D eigenvalue weighted by Crippen LogP contribution is 2.25. The van der Waals surface area contributed by atoms with Crippen molar-refractivity contribution in [2.45, 2.75) is 32.1 Å². The third kappa shape index (κ3) is 3.15. The Morgan fingerprint density at radius 3 is 2.54 bits per heavy atom. The lowest BCUT2D eigenvalue weighted by atomic mass is 9.90. The molecule has 1 saturated heterocycles. The summed E-state index contributed by atoms with van der Waals surface area (Å²) in [6, 6.07) is 0. The molecule has 0 bridgehead atoms. The monoisotopic (exact) mass is 203 g/mol. The molecule has 1 aliphatic heterocycles. The Morgan fingerprint density at radius 2 is 2.08 bits per heavy atom. The maximum atomic E-state index is 10.1. The van der Waals surface area contributed by atoms with Crippen LogP contribution in [0.1, 0.15) is 20.8 Å². The lowest BCUT2D eigenvalue weighted by Gasteiger charge is -2.32. The van der Waals surface area contributed by atoms with E-state index in [4.69, 9.17) is 0 Å². The van der Waals surface area contributed by atoms with E-state index in [9.17, 15) is 5.11 Å².